The fraction of sp³-hybridized carbons (Fsp3) is 0.500. The summed E-state index contributed by atoms with van der Waals surface area (Å²) < 4.78 is 39.4. The Morgan fingerprint density at radius 2 is 1.83 bits per heavy atom. The minimum absolute atomic E-state index is 0.0375. The Kier molecular flexibility index (Phi) is 5.28. The summed E-state index contributed by atoms with van der Waals surface area (Å²) in [5, 5.41) is 2.79. The van der Waals surface area contributed by atoms with E-state index in [-0.39, 0.29) is 23.6 Å². The summed E-state index contributed by atoms with van der Waals surface area (Å²) in [6.45, 7) is 0. The Bertz CT molecular complexity index is 593. The van der Waals surface area contributed by atoms with Crippen LogP contribution in [0.1, 0.15) is 53.6 Å². The van der Waals surface area contributed by atoms with Gasteiger partial charge in [-0.15, -0.1) is 0 Å². The number of benzene rings is 1. The number of hydrogen-bond acceptors (Lipinski definition) is 2. The van der Waals surface area contributed by atoms with Crippen LogP contribution < -0.4 is 11.1 Å². The van der Waals surface area contributed by atoms with Gasteiger partial charge in [0, 0.05) is 11.6 Å². The predicted octanol–water partition coefficient (Wildman–Crippen LogP) is 2.80. The molecule has 0 aromatic heterocycles. The molecule has 1 aromatic carbocycles. The summed E-state index contributed by atoms with van der Waals surface area (Å²) in [4.78, 5) is 23.1. The van der Waals surface area contributed by atoms with E-state index in [1.54, 1.807) is 0 Å². The van der Waals surface area contributed by atoms with Crippen molar-refractivity contribution in [2.75, 3.05) is 0 Å². The second-order valence-corrected chi connectivity index (χ2v) is 5.81. The van der Waals surface area contributed by atoms with Gasteiger partial charge in [0.1, 0.15) is 0 Å². The highest BCUT2D eigenvalue weighted by atomic mass is 19.4. The van der Waals surface area contributed by atoms with Crippen LogP contribution in [-0.4, -0.2) is 17.9 Å². The number of alkyl halides is 3. The fourth-order valence-corrected chi connectivity index (χ4v) is 2.85. The number of nitrogens with one attached hydrogen (secondary N) is 1. The van der Waals surface area contributed by atoms with Gasteiger partial charge in [0.05, 0.1) is 12.0 Å². The van der Waals surface area contributed by atoms with Crippen molar-refractivity contribution in [3.05, 3.63) is 34.9 Å². The first kappa shape index (κ1) is 17.3. The number of halogens is 3. The quantitative estimate of drug-likeness (QED) is 0.892. The molecule has 126 valence electrons. The first-order valence-electron chi connectivity index (χ1n) is 7.56. The molecule has 0 saturated heterocycles. The third-order valence-corrected chi connectivity index (χ3v) is 4.02. The van der Waals surface area contributed by atoms with Crippen molar-refractivity contribution < 1.29 is 22.8 Å². The normalized spacial score (nSPS) is 16.1. The second-order valence-electron chi connectivity index (χ2n) is 5.81. The van der Waals surface area contributed by atoms with Crippen molar-refractivity contribution in [1.82, 2.24) is 5.32 Å². The first-order chi connectivity index (χ1) is 10.8. The molecule has 0 heterocycles. The lowest BCUT2D eigenvalue weighted by Crippen LogP contribution is -2.37. The molecule has 1 aliphatic carbocycles. The van der Waals surface area contributed by atoms with Gasteiger partial charge in [-0.1, -0.05) is 25.3 Å². The van der Waals surface area contributed by atoms with E-state index in [1.165, 1.54) is 6.07 Å². The number of carbonyl (C=O) groups excluding carboxylic acids is 2. The van der Waals surface area contributed by atoms with Crippen molar-refractivity contribution >= 4 is 11.8 Å². The molecule has 1 saturated carbocycles. The monoisotopic (exact) mass is 328 g/mol. The van der Waals surface area contributed by atoms with Gasteiger partial charge in [-0.25, -0.2) is 0 Å². The molecular weight excluding hydrogens is 309 g/mol. The Morgan fingerprint density at radius 3 is 2.39 bits per heavy atom. The molecule has 0 aliphatic heterocycles. The maximum Gasteiger partial charge on any atom is 0.416 e. The molecule has 0 spiro atoms. The van der Waals surface area contributed by atoms with Gasteiger partial charge in [0.15, 0.2) is 0 Å². The summed E-state index contributed by atoms with van der Waals surface area (Å²) in [6, 6.07) is 3.09. The van der Waals surface area contributed by atoms with Gasteiger partial charge in [0.2, 0.25) is 11.8 Å². The molecule has 1 fully saturated rings. The molecule has 7 heteroatoms. The molecule has 2 amide bonds. The zero-order valence-corrected chi connectivity index (χ0v) is 12.6. The van der Waals surface area contributed by atoms with Gasteiger partial charge in [-0.3, -0.25) is 9.59 Å². The SMILES string of the molecule is NC(=O)c1ccc(CC(=O)NC2CCCCC2)c(C(F)(F)F)c1. The van der Waals surface area contributed by atoms with Crippen molar-refractivity contribution in [3.63, 3.8) is 0 Å². The average Bonchev–Trinajstić information content (AvgIpc) is 2.47. The smallest absolute Gasteiger partial charge is 0.366 e. The highest BCUT2D eigenvalue weighted by molar-refractivity contribution is 5.93. The molecule has 2 rings (SSSR count). The molecule has 1 aromatic rings. The summed E-state index contributed by atoms with van der Waals surface area (Å²) in [7, 11) is 0. The number of primary amides is 1. The summed E-state index contributed by atoms with van der Waals surface area (Å²) in [5.74, 6) is -1.37. The molecule has 3 N–H and O–H groups in total. The van der Waals surface area contributed by atoms with Crippen LogP contribution >= 0.6 is 0 Å². The van der Waals surface area contributed by atoms with Crippen LogP contribution in [-0.2, 0) is 17.4 Å². The molecule has 0 radical (unpaired) electrons. The lowest BCUT2D eigenvalue weighted by Gasteiger charge is -2.23. The Labute approximate surface area is 132 Å². The molecule has 0 unspecified atom stereocenters. The largest absolute Gasteiger partial charge is 0.416 e. The molecular formula is C16H19F3N2O2. The van der Waals surface area contributed by atoms with E-state index in [0.717, 1.165) is 38.2 Å². The van der Waals surface area contributed by atoms with E-state index >= 15 is 0 Å². The first-order valence-corrected chi connectivity index (χ1v) is 7.56. The summed E-state index contributed by atoms with van der Waals surface area (Å²) in [5.41, 5.74) is 3.64. The second kappa shape index (κ2) is 7.02. The minimum atomic E-state index is -4.65. The number of carbonyl (C=O) groups is 2. The highest BCUT2D eigenvalue weighted by Gasteiger charge is 2.34. The minimum Gasteiger partial charge on any atom is -0.366 e. The highest BCUT2D eigenvalue weighted by Crippen LogP contribution is 2.33. The van der Waals surface area contributed by atoms with E-state index in [1.807, 2.05) is 0 Å². The van der Waals surface area contributed by atoms with Crippen molar-refractivity contribution in [2.24, 2.45) is 5.73 Å². The number of hydrogen-bond donors (Lipinski definition) is 2. The maximum atomic E-state index is 13.1. The van der Waals surface area contributed by atoms with E-state index in [9.17, 15) is 22.8 Å². The lowest BCUT2D eigenvalue weighted by atomic mass is 9.95. The van der Waals surface area contributed by atoms with Crippen LogP contribution in [0.15, 0.2) is 18.2 Å². The zero-order valence-electron chi connectivity index (χ0n) is 12.6. The van der Waals surface area contributed by atoms with Crippen LogP contribution in [0.3, 0.4) is 0 Å². The van der Waals surface area contributed by atoms with Crippen LogP contribution in [0.5, 0.6) is 0 Å². The molecule has 23 heavy (non-hydrogen) atoms. The van der Waals surface area contributed by atoms with Crippen molar-refractivity contribution in [2.45, 2.75) is 50.7 Å². The Hall–Kier alpha value is -2.05. The van der Waals surface area contributed by atoms with Crippen LogP contribution in [0.25, 0.3) is 0 Å². The topological polar surface area (TPSA) is 72.2 Å². The lowest BCUT2D eigenvalue weighted by molar-refractivity contribution is -0.138. The van der Waals surface area contributed by atoms with Crippen LogP contribution in [0, 0.1) is 0 Å². The van der Waals surface area contributed by atoms with E-state index < -0.39 is 23.6 Å². The van der Waals surface area contributed by atoms with Gasteiger partial charge in [0.25, 0.3) is 0 Å². The van der Waals surface area contributed by atoms with Crippen molar-refractivity contribution in [3.8, 4) is 0 Å². The Balaban J connectivity index is 2.14. The molecule has 0 atom stereocenters. The molecule has 1 aliphatic rings. The van der Waals surface area contributed by atoms with Crippen molar-refractivity contribution in [1.29, 1.82) is 0 Å². The van der Waals surface area contributed by atoms with Gasteiger partial charge in [-0.05, 0) is 30.5 Å². The predicted molar refractivity (Wildman–Crippen MR) is 78.7 cm³/mol. The zero-order chi connectivity index (χ0) is 17.0. The standard InChI is InChI=1S/C16H19F3N2O2/c17-16(18,19)13-8-11(15(20)23)7-6-10(13)9-14(22)21-12-4-2-1-3-5-12/h6-8,12H,1-5,9H2,(H2,20,23)(H,21,22). The molecule has 0 bridgehead atoms. The number of nitrogens with two attached hydrogens (primary N) is 1. The molecule has 4 nitrogen and oxygen atoms in total. The van der Waals surface area contributed by atoms with E-state index in [0.29, 0.717) is 6.07 Å². The number of amides is 2. The maximum absolute atomic E-state index is 13.1. The van der Waals surface area contributed by atoms with Gasteiger partial charge >= 0.3 is 6.18 Å². The Morgan fingerprint density at radius 1 is 1.17 bits per heavy atom. The van der Waals surface area contributed by atoms with E-state index in [2.05, 4.69) is 5.32 Å². The summed E-state index contributed by atoms with van der Waals surface area (Å²) in [6.07, 6.45) is -0.134. The summed E-state index contributed by atoms with van der Waals surface area (Å²) >= 11 is 0. The van der Waals surface area contributed by atoms with Gasteiger partial charge in [-0.2, -0.15) is 13.2 Å². The third-order valence-electron chi connectivity index (χ3n) is 4.02. The van der Waals surface area contributed by atoms with E-state index in [4.69, 9.17) is 5.73 Å². The van der Waals surface area contributed by atoms with Gasteiger partial charge < -0.3 is 11.1 Å². The average molecular weight is 328 g/mol. The van der Waals surface area contributed by atoms with Crippen LogP contribution in [0.2, 0.25) is 0 Å². The number of rotatable bonds is 4. The third kappa shape index (κ3) is 4.71. The van der Waals surface area contributed by atoms with Crippen LogP contribution in [0.4, 0.5) is 13.2 Å². The fourth-order valence-electron chi connectivity index (χ4n) is 2.85.